The Morgan fingerprint density at radius 2 is 2.00 bits per heavy atom. The summed E-state index contributed by atoms with van der Waals surface area (Å²) >= 11 is 2.03. The van der Waals surface area contributed by atoms with Gasteiger partial charge in [0.15, 0.2) is 5.96 Å². The van der Waals surface area contributed by atoms with Crippen LogP contribution in [0, 0.1) is 0 Å². The molecule has 2 saturated heterocycles. The van der Waals surface area contributed by atoms with Crippen LogP contribution in [-0.4, -0.2) is 67.8 Å². The van der Waals surface area contributed by atoms with Gasteiger partial charge in [-0.05, 0) is 37.0 Å². The second kappa shape index (κ2) is 11.8. The van der Waals surface area contributed by atoms with Crippen molar-refractivity contribution in [1.29, 1.82) is 0 Å². The molecule has 2 fully saturated rings. The highest BCUT2D eigenvalue weighted by atomic mass is 127. The van der Waals surface area contributed by atoms with E-state index in [1.165, 1.54) is 0 Å². The number of hydrogen-bond acceptors (Lipinski definition) is 4. The normalized spacial score (nSPS) is 21.5. The zero-order valence-corrected chi connectivity index (χ0v) is 21.3. The first kappa shape index (κ1) is 24.7. The summed E-state index contributed by atoms with van der Waals surface area (Å²) in [5, 5.41) is 4.06. The summed E-state index contributed by atoms with van der Waals surface area (Å²) in [7, 11) is -1.59. The molecule has 0 aromatic heterocycles. The van der Waals surface area contributed by atoms with Crippen LogP contribution >= 0.6 is 35.7 Å². The zero-order valence-electron chi connectivity index (χ0n) is 17.3. The van der Waals surface area contributed by atoms with E-state index in [0.717, 1.165) is 56.0 Å². The number of aliphatic imine (C=N–C) groups is 1. The lowest BCUT2D eigenvalue weighted by Crippen LogP contribution is -2.47. The molecule has 0 aliphatic carbocycles. The van der Waals surface area contributed by atoms with E-state index in [-0.39, 0.29) is 24.0 Å². The monoisotopic (exact) mass is 552 g/mol. The molecule has 9 heteroatoms. The number of piperidine rings is 1. The minimum atomic E-state index is -3.40. The predicted octanol–water partition coefficient (Wildman–Crippen LogP) is 3.38. The molecule has 0 bridgehead atoms. The van der Waals surface area contributed by atoms with Gasteiger partial charge in [0.2, 0.25) is 10.0 Å². The molecule has 0 saturated carbocycles. The van der Waals surface area contributed by atoms with Crippen LogP contribution in [0.15, 0.2) is 34.2 Å². The number of rotatable bonds is 5. The fraction of sp³-hybridized carbons (Fsp3) is 0.650. The number of halogens is 1. The van der Waals surface area contributed by atoms with Crippen molar-refractivity contribution in [3.05, 3.63) is 29.8 Å². The third kappa shape index (κ3) is 6.48. The second-order valence-corrected chi connectivity index (χ2v) is 10.7. The third-order valence-electron chi connectivity index (χ3n) is 5.41. The van der Waals surface area contributed by atoms with E-state index < -0.39 is 10.0 Å². The number of nitrogens with one attached hydrogen (secondary N) is 1. The Bertz CT molecular complexity index is 782. The van der Waals surface area contributed by atoms with Crippen LogP contribution in [-0.2, 0) is 16.6 Å². The van der Waals surface area contributed by atoms with E-state index in [4.69, 9.17) is 0 Å². The zero-order chi connectivity index (χ0) is 20.0. The van der Waals surface area contributed by atoms with Gasteiger partial charge in [-0.3, -0.25) is 4.99 Å². The molecule has 1 aromatic carbocycles. The molecule has 6 nitrogen and oxygen atoms in total. The molecule has 0 amide bonds. The Hall–Kier alpha value is -0.520. The number of guanidine groups is 1. The van der Waals surface area contributed by atoms with Crippen molar-refractivity contribution in [2.45, 2.75) is 49.3 Å². The van der Waals surface area contributed by atoms with Crippen molar-refractivity contribution in [3.63, 3.8) is 0 Å². The Balaban J connectivity index is 0.00000300. The summed E-state index contributed by atoms with van der Waals surface area (Å²) in [6.45, 7) is 6.04. The van der Waals surface area contributed by atoms with Gasteiger partial charge in [-0.25, -0.2) is 8.42 Å². The lowest BCUT2D eigenvalue weighted by atomic mass is 10.2. The van der Waals surface area contributed by atoms with Gasteiger partial charge in [-0.1, -0.05) is 25.5 Å². The third-order valence-corrected chi connectivity index (χ3v) is 8.67. The Morgan fingerprint density at radius 1 is 1.24 bits per heavy atom. The molecule has 1 N–H and O–H groups in total. The van der Waals surface area contributed by atoms with Crippen LogP contribution in [0.4, 0.5) is 0 Å². The minimum Gasteiger partial charge on any atom is -0.352 e. The molecule has 0 spiro atoms. The number of hydrogen-bond donors (Lipinski definition) is 1. The minimum absolute atomic E-state index is 0. The molecule has 2 heterocycles. The first-order valence-electron chi connectivity index (χ1n) is 10.2. The molecule has 164 valence electrons. The van der Waals surface area contributed by atoms with E-state index >= 15 is 0 Å². The molecule has 29 heavy (non-hydrogen) atoms. The van der Waals surface area contributed by atoms with Gasteiger partial charge in [0.05, 0.1) is 4.90 Å². The summed E-state index contributed by atoms with van der Waals surface area (Å²) < 4.78 is 27.5. The quantitative estimate of drug-likeness (QED) is 0.345. The van der Waals surface area contributed by atoms with E-state index in [1.54, 1.807) is 16.4 Å². The number of benzene rings is 1. The van der Waals surface area contributed by atoms with Gasteiger partial charge < -0.3 is 10.2 Å². The summed E-state index contributed by atoms with van der Waals surface area (Å²) in [6, 6.07) is 7.30. The standard InChI is InChI=1S/C20H32N4O2S2.HI/c1-3-18-16-23(12-13-27-18)20(21-2)22-15-17-8-7-9-19(14-17)28(25,26)24-10-5-4-6-11-24;/h7-9,14,18H,3-6,10-13,15-16H2,1-2H3,(H,21,22);1H. The first-order chi connectivity index (χ1) is 13.5. The molecule has 2 aliphatic heterocycles. The van der Waals surface area contributed by atoms with Crippen LogP contribution in [0.1, 0.15) is 38.2 Å². The molecule has 2 aliphatic rings. The predicted molar refractivity (Wildman–Crippen MR) is 133 cm³/mol. The van der Waals surface area contributed by atoms with Crippen LogP contribution in [0.5, 0.6) is 0 Å². The first-order valence-corrected chi connectivity index (χ1v) is 12.7. The second-order valence-electron chi connectivity index (χ2n) is 7.36. The summed E-state index contributed by atoms with van der Waals surface area (Å²) in [4.78, 5) is 7.13. The highest BCUT2D eigenvalue weighted by Crippen LogP contribution is 2.22. The van der Waals surface area contributed by atoms with E-state index in [0.29, 0.717) is 29.8 Å². The van der Waals surface area contributed by atoms with Crippen LogP contribution in [0.3, 0.4) is 0 Å². The molecular weight excluding hydrogens is 519 g/mol. The van der Waals surface area contributed by atoms with Gasteiger partial charge in [0, 0.05) is 50.8 Å². The van der Waals surface area contributed by atoms with Crippen LogP contribution in [0.25, 0.3) is 0 Å². The highest BCUT2D eigenvalue weighted by molar-refractivity contribution is 14.0. The van der Waals surface area contributed by atoms with Gasteiger partial charge in [0.1, 0.15) is 0 Å². The molecule has 1 atom stereocenters. The van der Waals surface area contributed by atoms with E-state index in [2.05, 4.69) is 22.1 Å². The average Bonchev–Trinajstić information content (AvgIpc) is 2.75. The van der Waals surface area contributed by atoms with Crippen molar-refractivity contribution < 1.29 is 8.42 Å². The van der Waals surface area contributed by atoms with Gasteiger partial charge in [-0.15, -0.1) is 24.0 Å². The maximum absolute atomic E-state index is 12.9. The topological polar surface area (TPSA) is 65.0 Å². The fourth-order valence-corrected chi connectivity index (χ4v) is 6.51. The van der Waals surface area contributed by atoms with E-state index in [9.17, 15) is 8.42 Å². The van der Waals surface area contributed by atoms with Crippen LogP contribution < -0.4 is 5.32 Å². The number of nitrogens with zero attached hydrogens (tertiary/aromatic N) is 3. The summed E-state index contributed by atoms with van der Waals surface area (Å²) in [5.41, 5.74) is 0.956. The van der Waals surface area contributed by atoms with Crippen molar-refractivity contribution in [2.75, 3.05) is 39.0 Å². The molecular formula is C20H33IN4O2S2. The SMILES string of the molecule is CCC1CN(C(=NC)NCc2cccc(S(=O)(=O)N3CCCCC3)c2)CCS1.I. The fourth-order valence-electron chi connectivity index (χ4n) is 3.74. The molecule has 0 radical (unpaired) electrons. The van der Waals surface area contributed by atoms with E-state index in [1.807, 2.05) is 30.9 Å². The summed E-state index contributed by atoms with van der Waals surface area (Å²) in [6.07, 6.45) is 4.17. The van der Waals surface area contributed by atoms with Crippen molar-refractivity contribution in [1.82, 2.24) is 14.5 Å². The van der Waals surface area contributed by atoms with Gasteiger partial charge in [-0.2, -0.15) is 16.1 Å². The van der Waals surface area contributed by atoms with Gasteiger partial charge in [0.25, 0.3) is 0 Å². The van der Waals surface area contributed by atoms with Gasteiger partial charge >= 0.3 is 0 Å². The smallest absolute Gasteiger partial charge is 0.243 e. The lowest BCUT2D eigenvalue weighted by molar-refractivity contribution is 0.346. The maximum Gasteiger partial charge on any atom is 0.243 e. The van der Waals surface area contributed by atoms with Crippen LogP contribution in [0.2, 0.25) is 0 Å². The van der Waals surface area contributed by atoms with Crippen molar-refractivity contribution in [2.24, 2.45) is 4.99 Å². The lowest BCUT2D eigenvalue weighted by Gasteiger charge is -2.34. The van der Waals surface area contributed by atoms with Crippen molar-refractivity contribution in [3.8, 4) is 0 Å². The summed E-state index contributed by atoms with van der Waals surface area (Å²) in [5.74, 6) is 2.01. The Labute approximate surface area is 197 Å². The van der Waals surface area contributed by atoms with Crippen molar-refractivity contribution >= 4 is 51.7 Å². The molecule has 1 aromatic rings. The maximum atomic E-state index is 12.9. The number of sulfonamides is 1. The largest absolute Gasteiger partial charge is 0.352 e. The highest BCUT2D eigenvalue weighted by Gasteiger charge is 2.26. The Morgan fingerprint density at radius 3 is 2.69 bits per heavy atom. The molecule has 1 unspecified atom stereocenters. The molecule has 3 rings (SSSR count). The average molecular weight is 553 g/mol. The number of thioether (sulfide) groups is 1. The Kier molecular flexibility index (Phi) is 10.0.